The highest BCUT2D eigenvalue weighted by Gasteiger charge is 2.45. The molecule has 30 heavy (non-hydrogen) atoms. The van der Waals surface area contributed by atoms with E-state index in [0.717, 1.165) is 0 Å². The van der Waals surface area contributed by atoms with Crippen molar-refractivity contribution < 1.29 is 18.8 Å². The van der Waals surface area contributed by atoms with Crippen LogP contribution in [0.3, 0.4) is 0 Å². The van der Waals surface area contributed by atoms with Crippen LogP contribution in [0.25, 0.3) is 0 Å². The maximum Gasteiger partial charge on any atom is 0.367 e. The van der Waals surface area contributed by atoms with Gasteiger partial charge >= 0.3 is 5.91 Å². The molecule has 2 aromatic carbocycles. The van der Waals surface area contributed by atoms with Gasteiger partial charge in [0, 0.05) is 37.4 Å². The van der Waals surface area contributed by atoms with Crippen LogP contribution in [0.1, 0.15) is 17.2 Å². The van der Waals surface area contributed by atoms with E-state index in [1.165, 1.54) is 11.1 Å². The molecular weight excluding hydrogens is 402 g/mol. The van der Waals surface area contributed by atoms with Gasteiger partial charge < -0.3 is 14.7 Å². The first-order chi connectivity index (χ1) is 14.5. The molecular formula is C22H25N3O4S. The number of quaternary nitrogens is 1. The Labute approximate surface area is 179 Å². The Morgan fingerprint density at radius 2 is 1.50 bits per heavy atom. The first-order valence-electron chi connectivity index (χ1n) is 10.0. The van der Waals surface area contributed by atoms with Crippen molar-refractivity contribution in [2.75, 3.05) is 44.4 Å². The monoisotopic (exact) mass is 427 g/mol. The summed E-state index contributed by atoms with van der Waals surface area (Å²) in [6.07, 6.45) is 0. The zero-order valence-electron chi connectivity index (χ0n) is 16.7. The molecule has 7 nitrogen and oxygen atoms in total. The molecule has 2 aliphatic heterocycles. The standard InChI is InChI=1S/C22H25N3O4S/c26-20(15-25(28)17-30(29)16-21(25)27)23-11-13-24(14-12-23)22(18-7-3-1-4-8-18)19-9-5-2-6-10-19/h1-10,22H,11-17H2. The van der Waals surface area contributed by atoms with Gasteiger partial charge in [0.25, 0.3) is 5.91 Å². The van der Waals surface area contributed by atoms with Crippen LogP contribution in [-0.4, -0.2) is 75.2 Å². The van der Waals surface area contributed by atoms with Crippen LogP contribution >= 0.6 is 0 Å². The number of hydroxylamine groups is 3. The van der Waals surface area contributed by atoms with Crippen LogP contribution in [0.15, 0.2) is 60.7 Å². The lowest BCUT2D eigenvalue weighted by Crippen LogP contribution is -2.55. The minimum absolute atomic E-state index is 0.0881. The lowest BCUT2D eigenvalue weighted by Gasteiger charge is -2.41. The van der Waals surface area contributed by atoms with E-state index in [1.807, 2.05) is 36.4 Å². The number of hydrogen-bond donors (Lipinski definition) is 0. The van der Waals surface area contributed by atoms with Crippen molar-refractivity contribution >= 4 is 23.0 Å². The van der Waals surface area contributed by atoms with Gasteiger partial charge in [0.1, 0.15) is 0 Å². The lowest BCUT2D eigenvalue weighted by atomic mass is 9.96. The molecule has 158 valence electrons. The van der Waals surface area contributed by atoms with E-state index in [0.29, 0.717) is 26.2 Å². The average molecular weight is 428 g/mol. The Bertz CT molecular complexity index is 850. The van der Waals surface area contributed by atoms with Gasteiger partial charge in [-0.2, -0.15) is 0 Å². The van der Waals surface area contributed by atoms with Gasteiger partial charge in [-0.25, -0.2) is 9.44 Å². The predicted octanol–water partition coefficient (Wildman–Crippen LogP) is 1.48. The van der Waals surface area contributed by atoms with Crippen LogP contribution in [-0.2, 0) is 20.8 Å². The molecule has 2 amide bonds. The molecule has 2 atom stereocenters. The Morgan fingerprint density at radius 1 is 0.967 bits per heavy atom. The Balaban J connectivity index is 1.43. The molecule has 0 bridgehead atoms. The summed E-state index contributed by atoms with van der Waals surface area (Å²) in [7, 11) is 0. The van der Waals surface area contributed by atoms with Gasteiger partial charge in [-0.1, -0.05) is 60.7 Å². The van der Waals surface area contributed by atoms with Crippen LogP contribution in [0, 0.1) is 5.21 Å². The molecule has 0 saturated carbocycles. The lowest BCUT2D eigenvalue weighted by molar-refractivity contribution is -0.778. The molecule has 2 aromatic rings. The second-order valence-corrected chi connectivity index (χ2v) is 9.22. The molecule has 2 fully saturated rings. The fourth-order valence-corrected chi connectivity index (χ4v) is 5.47. The Hall–Kier alpha value is -2.23. The van der Waals surface area contributed by atoms with Crippen molar-refractivity contribution in [3.05, 3.63) is 77.0 Å². The number of nitrogens with zero attached hydrogens (tertiary/aromatic N) is 3. The summed E-state index contributed by atoms with van der Waals surface area (Å²) in [5, 5.41) is 12.6. The largest absolute Gasteiger partial charge is 0.621 e. The number of benzene rings is 2. The van der Waals surface area contributed by atoms with Crippen molar-refractivity contribution in [3.8, 4) is 0 Å². The molecule has 0 aromatic heterocycles. The Morgan fingerprint density at radius 3 is 1.97 bits per heavy atom. The third kappa shape index (κ3) is 4.43. The summed E-state index contributed by atoms with van der Waals surface area (Å²) in [6, 6.07) is 20.6. The molecule has 0 radical (unpaired) electrons. The SMILES string of the molecule is O=C(C[N+]1([O-])C[S+]([O-])CC1=O)N1CCN(C(c2ccccc2)c2ccccc2)CC1. The molecule has 2 heterocycles. The molecule has 0 spiro atoms. The summed E-state index contributed by atoms with van der Waals surface area (Å²) < 4.78 is 10.3. The number of carbonyl (C=O) groups is 2. The predicted molar refractivity (Wildman–Crippen MR) is 114 cm³/mol. The van der Waals surface area contributed by atoms with E-state index in [4.69, 9.17) is 0 Å². The summed E-state index contributed by atoms with van der Waals surface area (Å²) in [5.41, 5.74) is 2.38. The summed E-state index contributed by atoms with van der Waals surface area (Å²) >= 11 is -1.47. The quantitative estimate of drug-likeness (QED) is 0.410. The van der Waals surface area contributed by atoms with E-state index in [9.17, 15) is 19.3 Å². The molecule has 0 aliphatic carbocycles. The molecule has 8 heteroatoms. The highest BCUT2D eigenvalue weighted by Crippen LogP contribution is 2.29. The summed E-state index contributed by atoms with van der Waals surface area (Å²) in [4.78, 5) is 28.5. The number of piperazine rings is 1. The van der Waals surface area contributed by atoms with E-state index in [-0.39, 0.29) is 23.6 Å². The zero-order chi connectivity index (χ0) is 21.1. The van der Waals surface area contributed by atoms with E-state index in [2.05, 4.69) is 29.2 Å². The van der Waals surface area contributed by atoms with Crippen molar-refractivity contribution in [1.82, 2.24) is 9.80 Å². The van der Waals surface area contributed by atoms with Gasteiger partial charge in [0.05, 0.1) is 6.04 Å². The topological polar surface area (TPSA) is 86.7 Å². The number of hydrogen-bond acceptors (Lipinski definition) is 5. The first kappa shape index (κ1) is 21.0. The number of amides is 2. The zero-order valence-corrected chi connectivity index (χ0v) is 17.5. The molecule has 2 aliphatic rings. The van der Waals surface area contributed by atoms with Gasteiger partial charge in [0.2, 0.25) is 11.6 Å². The van der Waals surface area contributed by atoms with Crippen molar-refractivity contribution in [3.63, 3.8) is 0 Å². The fourth-order valence-electron chi connectivity index (χ4n) is 4.17. The van der Waals surface area contributed by atoms with Gasteiger partial charge in [-0.15, -0.1) is 0 Å². The van der Waals surface area contributed by atoms with Crippen LogP contribution < -0.4 is 0 Å². The second kappa shape index (κ2) is 8.87. The van der Waals surface area contributed by atoms with Crippen LogP contribution in [0.4, 0.5) is 0 Å². The molecule has 0 N–H and O–H groups in total. The van der Waals surface area contributed by atoms with Gasteiger partial charge in [0.15, 0.2) is 6.54 Å². The van der Waals surface area contributed by atoms with Gasteiger partial charge in [-0.3, -0.25) is 9.69 Å². The van der Waals surface area contributed by atoms with Crippen LogP contribution in [0.2, 0.25) is 0 Å². The highest BCUT2D eigenvalue weighted by molar-refractivity contribution is 7.92. The minimum Gasteiger partial charge on any atom is -0.621 e. The van der Waals surface area contributed by atoms with E-state index >= 15 is 0 Å². The smallest absolute Gasteiger partial charge is 0.367 e. The molecule has 4 rings (SSSR count). The molecule has 2 saturated heterocycles. The summed E-state index contributed by atoms with van der Waals surface area (Å²) in [5.74, 6) is -1.56. The van der Waals surface area contributed by atoms with Crippen molar-refractivity contribution in [1.29, 1.82) is 0 Å². The molecule has 2 unspecified atom stereocenters. The van der Waals surface area contributed by atoms with E-state index in [1.54, 1.807) is 4.90 Å². The van der Waals surface area contributed by atoms with Crippen LogP contribution in [0.5, 0.6) is 0 Å². The minimum atomic E-state index is -1.47. The Kier molecular flexibility index (Phi) is 6.21. The second-order valence-electron chi connectivity index (χ2n) is 7.80. The van der Waals surface area contributed by atoms with Crippen molar-refractivity contribution in [2.24, 2.45) is 0 Å². The first-order valence-corrected chi connectivity index (χ1v) is 11.5. The highest BCUT2D eigenvalue weighted by atomic mass is 32.2. The average Bonchev–Trinajstić information content (AvgIpc) is 3.01. The summed E-state index contributed by atoms with van der Waals surface area (Å²) in [6.45, 7) is 1.86. The number of rotatable bonds is 5. The van der Waals surface area contributed by atoms with E-state index < -0.39 is 28.3 Å². The third-order valence-corrected chi connectivity index (χ3v) is 7.02. The van der Waals surface area contributed by atoms with Gasteiger partial charge in [-0.05, 0) is 11.1 Å². The fraction of sp³-hybridized carbons (Fsp3) is 0.364. The maximum atomic E-state index is 12.7. The third-order valence-electron chi connectivity index (χ3n) is 5.74. The normalized spacial score (nSPS) is 25.1. The number of carbonyl (C=O) groups excluding carboxylic acids is 2. The maximum absolute atomic E-state index is 12.7. The van der Waals surface area contributed by atoms with Crippen molar-refractivity contribution in [2.45, 2.75) is 6.04 Å².